The van der Waals surface area contributed by atoms with E-state index in [-0.39, 0.29) is 30.5 Å². The number of hydrogen-bond acceptors (Lipinski definition) is 7. The molecule has 156 valence electrons. The lowest BCUT2D eigenvalue weighted by Crippen LogP contribution is -2.40. The number of ether oxygens (including phenoxy) is 2. The molecule has 1 aromatic carbocycles. The molecule has 1 rings (SSSR count). The van der Waals surface area contributed by atoms with E-state index in [0.29, 0.717) is 5.56 Å². The van der Waals surface area contributed by atoms with Gasteiger partial charge in [-0.2, -0.15) is 5.26 Å². The second kappa shape index (κ2) is 10.7. The van der Waals surface area contributed by atoms with E-state index in [9.17, 15) is 14.7 Å². The topological polar surface area (TPSA) is 115 Å². The summed E-state index contributed by atoms with van der Waals surface area (Å²) in [4.78, 5) is 26.1. The van der Waals surface area contributed by atoms with Crippen LogP contribution in [0.2, 0.25) is 0 Å². The smallest absolute Gasteiger partial charge is 0.410 e. The minimum atomic E-state index is -1.02. The lowest BCUT2D eigenvalue weighted by atomic mass is 10.1. The molecular weight excluding hydrogens is 388 g/mol. The number of amides is 2. The SMILES string of the molecule is CN(C)C(=O)Oc1cc(OC(=O)N(C)C)cc(C(O)CNC(C)(C)C#N)c1.Cl. The van der Waals surface area contributed by atoms with Crippen molar-refractivity contribution in [3.8, 4) is 17.6 Å². The maximum Gasteiger partial charge on any atom is 0.414 e. The van der Waals surface area contributed by atoms with Gasteiger partial charge in [0.25, 0.3) is 0 Å². The van der Waals surface area contributed by atoms with Crippen LogP contribution in [0.3, 0.4) is 0 Å². The summed E-state index contributed by atoms with van der Waals surface area (Å²) in [7, 11) is 6.12. The molecule has 0 saturated heterocycles. The Balaban J connectivity index is 0.00000729. The van der Waals surface area contributed by atoms with Crippen LogP contribution >= 0.6 is 12.4 Å². The zero-order chi connectivity index (χ0) is 20.8. The highest BCUT2D eigenvalue weighted by atomic mass is 35.5. The van der Waals surface area contributed by atoms with E-state index in [2.05, 4.69) is 11.4 Å². The van der Waals surface area contributed by atoms with E-state index >= 15 is 0 Å². The average molecular weight is 415 g/mol. The Hall–Kier alpha value is -2.54. The molecule has 0 fully saturated rings. The van der Waals surface area contributed by atoms with Gasteiger partial charge in [-0.15, -0.1) is 12.4 Å². The number of carbonyl (C=O) groups is 2. The molecule has 0 saturated carbocycles. The molecule has 2 amide bonds. The number of β-amino-alcohol motifs (C(OH)–C–C–N with tert-alkyl or cyclic N) is 1. The fourth-order valence-electron chi connectivity index (χ4n) is 1.80. The molecule has 1 atom stereocenters. The minimum Gasteiger partial charge on any atom is -0.410 e. The van der Waals surface area contributed by atoms with Crippen molar-refractivity contribution >= 4 is 24.6 Å². The number of aliphatic hydroxyl groups is 1. The molecule has 0 aliphatic carbocycles. The van der Waals surface area contributed by atoms with Gasteiger partial charge in [0.2, 0.25) is 0 Å². The zero-order valence-corrected chi connectivity index (χ0v) is 17.7. The summed E-state index contributed by atoms with van der Waals surface area (Å²) in [5.74, 6) is 0.234. The third-order valence-electron chi connectivity index (χ3n) is 3.44. The predicted molar refractivity (Wildman–Crippen MR) is 106 cm³/mol. The lowest BCUT2D eigenvalue weighted by molar-refractivity contribution is 0.161. The third-order valence-corrected chi connectivity index (χ3v) is 3.44. The van der Waals surface area contributed by atoms with E-state index in [1.165, 1.54) is 56.2 Å². The molecule has 0 radical (unpaired) electrons. The van der Waals surface area contributed by atoms with Gasteiger partial charge in [-0.1, -0.05) is 0 Å². The lowest BCUT2D eigenvalue weighted by Gasteiger charge is -2.21. The maximum absolute atomic E-state index is 11.8. The molecule has 28 heavy (non-hydrogen) atoms. The van der Waals surface area contributed by atoms with Gasteiger partial charge in [0, 0.05) is 40.8 Å². The minimum absolute atomic E-state index is 0. The van der Waals surface area contributed by atoms with Crippen LogP contribution in [-0.2, 0) is 0 Å². The maximum atomic E-state index is 11.8. The van der Waals surface area contributed by atoms with Crippen molar-refractivity contribution in [3.63, 3.8) is 0 Å². The Morgan fingerprint density at radius 2 is 1.54 bits per heavy atom. The van der Waals surface area contributed by atoms with Gasteiger partial charge in [0.15, 0.2) is 0 Å². The molecule has 1 unspecified atom stereocenters. The monoisotopic (exact) mass is 414 g/mol. The predicted octanol–water partition coefficient (Wildman–Crippen LogP) is 2.15. The molecule has 0 spiro atoms. The van der Waals surface area contributed by atoms with Crippen LogP contribution in [0, 0.1) is 11.3 Å². The van der Waals surface area contributed by atoms with E-state index < -0.39 is 23.8 Å². The molecule has 0 heterocycles. The van der Waals surface area contributed by atoms with Crippen LogP contribution in [0.4, 0.5) is 9.59 Å². The Morgan fingerprint density at radius 1 is 1.11 bits per heavy atom. The molecule has 1 aromatic rings. The average Bonchev–Trinajstić information content (AvgIpc) is 2.59. The van der Waals surface area contributed by atoms with Crippen molar-refractivity contribution in [2.24, 2.45) is 0 Å². The number of rotatable bonds is 6. The second-order valence-corrected chi connectivity index (χ2v) is 6.90. The first kappa shape index (κ1) is 25.5. The standard InChI is InChI=1S/C18H26N4O5.ClH/c1-18(2,11-19)20-10-15(23)12-7-13(26-16(24)21(3)4)9-14(8-12)27-17(25)22(5)6;/h7-9,15,20,23H,10H2,1-6H3;1H. The quantitative estimate of drug-likeness (QED) is 0.732. The Kier molecular flexibility index (Phi) is 9.73. The highest BCUT2D eigenvalue weighted by molar-refractivity contribution is 5.85. The Morgan fingerprint density at radius 3 is 1.89 bits per heavy atom. The zero-order valence-electron chi connectivity index (χ0n) is 16.8. The van der Waals surface area contributed by atoms with E-state index in [0.717, 1.165) is 0 Å². The Bertz CT molecular complexity index is 691. The summed E-state index contributed by atoms with van der Waals surface area (Å²) in [6, 6.07) is 6.40. The van der Waals surface area contributed by atoms with Crippen LogP contribution in [-0.4, -0.2) is 67.4 Å². The van der Waals surface area contributed by atoms with Crippen molar-refractivity contribution < 1.29 is 24.2 Å². The first-order valence-electron chi connectivity index (χ1n) is 8.23. The van der Waals surface area contributed by atoms with Gasteiger partial charge >= 0.3 is 12.2 Å². The van der Waals surface area contributed by atoms with Gasteiger partial charge in [-0.3, -0.25) is 5.32 Å². The molecule has 2 N–H and O–H groups in total. The third kappa shape index (κ3) is 8.00. The van der Waals surface area contributed by atoms with Crippen molar-refractivity contribution in [3.05, 3.63) is 23.8 Å². The van der Waals surface area contributed by atoms with Gasteiger partial charge in [0.05, 0.1) is 12.2 Å². The van der Waals surface area contributed by atoms with Crippen molar-refractivity contribution in [2.45, 2.75) is 25.5 Å². The van der Waals surface area contributed by atoms with Gasteiger partial charge in [0.1, 0.15) is 17.0 Å². The number of carbonyl (C=O) groups excluding carboxylic acids is 2. The summed E-state index contributed by atoms with van der Waals surface area (Å²) in [6.07, 6.45) is -2.25. The van der Waals surface area contributed by atoms with Gasteiger partial charge in [-0.05, 0) is 31.5 Å². The first-order chi connectivity index (χ1) is 12.4. The number of hydrogen-bond donors (Lipinski definition) is 2. The number of halogens is 1. The molecule has 9 nitrogen and oxygen atoms in total. The fourth-order valence-corrected chi connectivity index (χ4v) is 1.80. The summed E-state index contributed by atoms with van der Waals surface area (Å²) < 4.78 is 10.4. The van der Waals surface area contributed by atoms with Crippen molar-refractivity contribution in [1.82, 2.24) is 15.1 Å². The number of aliphatic hydroxyl groups excluding tert-OH is 1. The van der Waals surface area contributed by atoms with Crippen LogP contribution < -0.4 is 14.8 Å². The Labute approximate surface area is 171 Å². The van der Waals surface area contributed by atoms with Crippen molar-refractivity contribution in [2.75, 3.05) is 34.7 Å². The largest absolute Gasteiger partial charge is 0.414 e. The molecule has 0 aliphatic rings. The summed E-state index contributed by atoms with van der Waals surface area (Å²) in [6.45, 7) is 3.44. The van der Waals surface area contributed by atoms with Crippen LogP contribution in [0.25, 0.3) is 0 Å². The molecule has 0 bridgehead atoms. The van der Waals surface area contributed by atoms with E-state index in [1.807, 2.05) is 0 Å². The number of nitriles is 1. The normalized spacial score (nSPS) is 11.5. The van der Waals surface area contributed by atoms with E-state index in [4.69, 9.17) is 14.7 Å². The summed E-state index contributed by atoms with van der Waals surface area (Å²) >= 11 is 0. The first-order valence-corrected chi connectivity index (χ1v) is 8.23. The van der Waals surface area contributed by atoms with Gasteiger partial charge < -0.3 is 24.4 Å². The second-order valence-electron chi connectivity index (χ2n) is 6.90. The van der Waals surface area contributed by atoms with E-state index in [1.54, 1.807) is 13.8 Å². The summed E-state index contributed by atoms with van der Waals surface area (Å²) in [5.41, 5.74) is -0.460. The molecule has 10 heteroatoms. The number of nitrogens with one attached hydrogen (secondary N) is 1. The molecular formula is C18H27ClN4O5. The highest BCUT2D eigenvalue weighted by Gasteiger charge is 2.20. The molecule has 0 aliphatic heterocycles. The van der Waals surface area contributed by atoms with Crippen LogP contribution in [0.5, 0.6) is 11.5 Å². The summed E-state index contributed by atoms with van der Waals surface area (Å²) in [5, 5.41) is 22.4. The highest BCUT2D eigenvalue weighted by Crippen LogP contribution is 2.27. The van der Waals surface area contributed by atoms with Crippen LogP contribution in [0.1, 0.15) is 25.5 Å². The fraction of sp³-hybridized carbons (Fsp3) is 0.500. The van der Waals surface area contributed by atoms with Crippen molar-refractivity contribution in [1.29, 1.82) is 5.26 Å². The van der Waals surface area contributed by atoms with Gasteiger partial charge in [-0.25, -0.2) is 9.59 Å². The van der Waals surface area contributed by atoms with Crippen LogP contribution in [0.15, 0.2) is 18.2 Å². The number of nitrogens with zero attached hydrogens (tertiary/aromatic N) is 3. The molecule has 0 aromatic heterocycles. The number of benzene rings is 1.